The fourth-order valence-electron chi connectivity index (χ4n) is 4.96. The van der Waals surface area contributed by atoms with Gasteiger partial charge in [0.05, 0.1) is 38.9 Å². The Labute approximate surface area is 211 Å². The highest BCUT2D eigenvalue weighted by Gasteiger charge is 2.32. The number of aryl methyl sites for hydroxylation is 2. The van der Waals surface area contributed by atoms with E-state index in [1.54, 1.807) is 71.9 Å². The third kappa shape index (κ3) is 4.59. The summed E-state index contributed by atoms with van der Waals surface area (Å²) in [6, 6.07) is 14.7. The van der Waals surface area contributed by atoms with E-state index in [-0.39, 0.29) is 11.3 Å². The van der Waals surface area contributed by atoms with Crippen molar-refractivity contribution in [1.82, 2.24) is 24.5 Å². The van der Waals surface area contributed by atoms with Crippen molar-refractivity contribution < 1.29 is 21.6 Å². The number of hydrogen-bond donors (Lipinski definition) is 0. The summed E-state index contributed by atoms with van der Waals surface area (Å²) in [5.41, 5.74) is 4.05. The van der Waals surface area contributed by atoms with Crippen LogP contribution in [0.2, 0.25) is 0 Å². The van der Waals surface area contributed by atoms with Crippen LogP contribution in [0.3, 0.4) is 0 Å². The van der Waals surface area contributed by atoms with Crippen molar-refractivity contribution in [2.24, 2.45) is 7.05 Å². The monoisotopic (exact) mass is 527 g/mol. The largest absolute Gasteiger partial charge is 0.389 e. The smallest absolute Gasteiger partial charge is 0.330 e. The van der Waals surface area contributed by atoms with Crippen molar-refractivity contribution in [3.05, 3.63) is 72.1 Å². The molecule has 7 nitrogen and oxygen atoms in total. The summed E-state index contributed by atoms with van der Waals surface area (Å²) in [7, 11) is -1.98. The molecule has 37 heavy (non-hydrogen) atoms. The van der Waals surface area contributed by atoms with Gasteiger partial charge in [0.25, 0.3) is 0 Å². The average molecular weight is 528 g/mol. The number of para-hydroxylation sites is 1. The number of benzene rings is 2. The molecule has 0 amide bonds. The molecule has 0 fully saturated rings. The summed E-state index contributed by atoms with van der Waals surface area (Å²) >= 11 is 0. The first kappa shape index (κ1) is 24.9. The molecule has 0 radical (unpaired) electrons. The van der Waals surface area contributed by atoms with Gasteiger partial charge in [-0.05, 0) is 31.0 Å². The molecule has 0 saturated heterocycles. The van der Waals surface area contributed by atoms with Gasteiger partial charge in [0.1, 0.15) is 0 Å². The van der Waals surface area contributed by atoms with Crippen molar-refractivity contribution in [2.75, 3.05) is 6.26 Å². The molecule has 3 aromatic heterocycles. The van der Waals surface area contributed by atoms with E-state index in [9.17, 15) is 21.6 Å². The lowest BCUT2D eigenvalue weighted by atomic mass is 10.0. The van der Waals surface area contributed by atoms with Crippen LogP contribution >= 0.6 is 0 Å². The van der Waals surface area contributed by atoms with E-state index in [0.717, 1.165) is 6.26 Å². The average Bonchev–Trinajstić information content (AvgIpc) is 3.34. The molecule has 0 bridgehead atoms. The number of nitrogens with zero attached hydrogens (tertiary/aromatic N) is 5. The van der Waals surface area contributed by atoms with Crippen molar-refractivity contribution >= 4 is 31.8 Å². The number of alkyl halides is 3. The number of sulfone groups is 1. The number of pyridine rings is 1. The Bertz CT molecular complexity index is 1700. The molecule has 5 rings (SSSR count). The highest BCUT2D eigenvalue weighted by Crippen LogP contribution is 2.40. The SMILES string of the molecule is Cc1nnn(C)c1-c1cnc2c3cccc(S(C)(=O)=O)c3n([C@@H](CCC(F)(F)F)c3ccccc3)c2c1. The third-order valence-electron chi connectivity index (χ3n) is 6.49. The van der Waals surface area contributed by atoms with Crippen molar-refractivity contribution in [3.63, 3.8) is 0 Å². The normalized spacial score (nSPS) is 13.5. The summed E-state index contributed by atoms with van der Waals surface area (Å²) < 4.78 is 69.5. The molecule has 3 heterocycles. The Morgan fingerprint density at radius 1 is 1.05 bits per heavy atom. The van der Waals surface area contributed by atoms with E-state index in [2.05, 4.69) is 15.3 Å². The third-order valence-corrected chi connectivity index (χ3v) is 7.62. The van der Waals surface area contributed by atoms with Gasteiger partial charge < -0.3 is 4.57 Å². The second-order valence-corrected chi connectivity index (χ2v) is 11.1. The maximum absolute atomic E-state index is 13.5. The zero-order valence-corrected chi connectivity index (χ0v) is 21.2. The fraction of sp³-hybridized carbons (Fsp3) is 0.269. The van der Waals surface area contributed by atoms with Gasteiger partial charge in [-0.3, -0.25) is 4.98 Å². The second-order valence-electron chi connectivity index (χ2n) is 9.11. The first-order valence-electron chi connectivity index (χ1n) is 11.6. The standard InChI is InChI=1S/C26H24F3N5O2S/c1-16-24(33(2)32-31-16)18-14-21-23(30-15-18)19-10-7-11-22(37(3,35)36)25(19)34(21)20(12-13-26(27,28)29)17-8-5-4-6-9-17/h4-11,14-15,20H,12-13H2,1-3H3/t20-/m0/s1. The van der Waals surface area contributed by atoms with Crippen molar-refractivity contribution in [1.29, 1.82) is 0 Å². The van der Waals surface area contributed by atoms with Crippen molar-refractivity contribution in [2.45, 2.75) is 36.9 Å². The molecule has 0 saturated carbocycles. The molecular formula is C26H24F3N5O2S. The van der Waals surface area contributed by atoms with Crippen LogP contribution < -0.4 is 0 Å². The van der Waals surface area contributed by atoms with Crippen LogP contribution in [0.4, 0.5) is 13.2 Å². The zero-order chi connectivity index (χ0) is 26.5. The van der Waals surface area contributed by atoms with Gasteiger partial charge in [0, 0.05) is 36.9 Å². The van der Waals surface area contributed by atoms with Gasteiger partial charge in [-0.25, -0.2) is 13.1 Å². The van der Waals surface area contributed by atoms with E-state index in [0.29, 0.717) is 44.5 Å². The van der Waals surface area contributed by atoms with Gasteiger partial charge in [0.2, 0.25) is 0 Å². The maximum atomic E-state index is 13.5. The number of rotatable bonds is 6. The predicted octanol–water partition coefficient (Wildman–Crippen LogP) is 5.63. The molecule has 5 aromatic rings. The van der Waals surface area contributed by atoms with Gasteiger partial charge in [-0.1, -0.05) is 47.7 Å². The molecule has 0 spiro atoms. The molecule has 1 atom stereocenters. The Hall–Kier alpha value is -3.73. The van der Waals surface area contributed by atoms with Crippen LogP contribution in [-0.2, 0) is 16.9 Å². The highest BCUT2D eigenvalue weighted by atomic mass is 32.2. The minimum atomic E-state index is -4.38. The van der Waals surface area contributed by atoms with Gasteiger partial charge in [-0.15, -0.1) is 5.10 Å². The first-order chi connectivity index (χ1) is 17.5. The van der Waals surface area contributed by atoms with Gasteiger partial charge in [0.15, 0.2) is 9.84 Å². The molecule has 0 unspecified atom stereocenters. The minimum Gasteiger partial charge on any atom is -0.330 e. The van der Waals surface area contributed by atoms with Crippen LogP contribution in [0.1, 0.15) is 30.1 Å². The lowest BCUT2D eigenvalue weighted by Crippen LogP contribution is -2.16. The van der Waals surface area contributed by atoms with E-state index in [4.69, 9.17) is 0 Å². The lowest BCUT2D eigenvalue weighted by molar-refractivity contribution is -0.136. The van der Waals surface area contributed by atoms with Crippen LogP contribution in [0.15, 0.2) is 65.7 Å². The molecular weight excluding hydrogens is 503 g/mol. The highest BCUT2D eigenvalue weighted by molar-refractivity contribution is 7.91. The van der Waals surface area contributed by atoms with E-state index < -0.39 is 28.5 Å². The lowest BCUT2D eigenvalue weighted by Gasteiger charge is -2.23. The summed E-state index contributed by atoms with van der Waals surface area (Å²) in [5, 5.41) is 8.70. The summed E-state index contributed by atoms with van der Waals surface area (Å²) in [6.07, 6.45) is -2.95. The molecule has 0 N–H and O–H groups in total. The minimum absolute atomic E-state index is 0.0378. The number of fused-ring (bicyclic) bond motifs is 3. The van der Waals surface area contributed by atoms with Crippen LogP contribution in [0.25, 0.3) is 33.2 Å². The summed E-state index contributed by atoms with van der Waals surface area (Å²) in [5.74, 6) is 0. The van der Waals surface area contributed by atoms with Crippen LogP contribution in [0.5, 0.6) is 0 Å². The Morgan fingerprint density at radius 2 is 1.78 bits per heavy atom. The summed E-state index contributed by atoms with van der Waals surface area (Å²) in [6.45, 7) is 1.81. The Balaban J connectivity index is 1.90. The van der Waals surface area contributed by atoms with Crippen LogP contribution in [-0.4, -0.2) is 45.4 Å². The maximum Gasteiger partial charge on any atom is 0.389 e. The number of aromatic nitrogens is 5. The molecule has 0 aliphatic heterocycles. The number of halogens is 3. The fourth-order valence-corrected chi connectivity index (χ4v) is 5.84. The molecule has 11 heteroatoms. The molecule has 0 aliphatic carbocycles. The second kappa shape index (κ2) is 8.98. The Kier molecular flexibility index (Phi) is 6.06. The van der Waals surface area contributed by atoms with Crippen LogP contribution in [0, 0.1) is 6.92 Å². The number of hydrogen-bond acceptors (Lipinski definition) is 5. The van der Waals surface area contributed by atoms with E-state index in [1.165, 1.54) is 6.07 Å². The van der Waals surface area contributed by atoms with E-state index >= 15 is 0 Å². The topological polar surface area (TPSA) is 82.7 Å². The predicted molar refractivity (Wildman–Crippen MR) is 135 cm³/mol. The molecule has 2 aromatic carbocycles. The first-order valence-corrected chi connectivity index (χ1v) is 13.5. The molecule has 0 aliphatic rings. The molecule has 192 valence electrons. The summed E-state index contributed by atoms with van der Waals surface area (Å²) in [4.78, 5) is 4.71. The Morgan fingerprint density at radius 3 is 2.41 bits per heavy atom. The van der Waals surface area contributed by atoms with Crippen molar-refractivity contribution in [3.8, 4) is 11.3 Å². The van der Waals surface area contributed by atoms with E-state index in [1.807, 2.05) is 6.07 Å². The van der Waals surface area contributed by atoms with Gasteiger partial charge >= 0.3 is 6.18 Å². The van der Waals surface area contributed by atoms with Gasteiger partial charge in [-0.2, -0.15) is 13.2 Å². The quantitative estimate of drug-likeness (QED) is 0.286. The zero-order valence-electron chi connectivity index (χ0n) is 20.4.